The zero-order chi connectivity index (χ0) is 17.1. The number of piperidine rings is 1. The van der Waals surface area contributed by atoms with Crippen LogP contribution in [0.2, 0.25) is 0 Å². The van der Waals surface area contributed by atoms with Crippen LogP contribution >= 0.6 is 0 Å². The highest BCUT2D eigenvalue weighted by Crippen LogP contribution is 2.56. The van der Waals surface area contributed by atoms with Gasteiger partial charge in [0.05, 0.1) is 12.7 Å². The number of aliphatic hydroxyl groups is 1. The summed E-state index contributed by atoms with van der Waals surface area (Å²) in [5.41, 5.74) is 2.05. The third kappa shape index (κ3) is 2.30. The Bertz CT molecular complexity index is 674. The molecule has 5 rings (SSSR count). The molecule has 0 unspecified atom stereocenters. The molecule has 2 aliphatic heterocycles. The standard InChI is InChI=1S/C21H30N2O2/c1-25-17-5-4-16-12-19-21(24)7-10-22-9-6-20(21,18(16)13-17)8-11-23(19)14-15-2-3-15/h4-5,13,15,19,22,24H,2-3,6-12,14H2,1H3/t19-,20+,21-/m1/s1. The van der Waals surface area contributed by atoms with E-state index in [2.05, 4.69) is 28.4 Å². The average molecular weight is 342 g/mol. The van der Waals surface area contributed by atoms with Crippen molar-refractivity contribution in [3.05, 3.63) is 29.3 Å². The minimum Gasteiger partial charge on any atom is -0.497 e. The third-order valence-electron chi connectivity index (χ3n) is 7.49. The predicted octanol–water partition coefficient (Wildman–Crippen LogP) is 2.09. The first-order valence-electron chi connectivity index (χ1n) is 10.0. The van der Waals surface area contributed by atoms with Crippen molar-refractivity contribution >= 4 is 0 Å². The number of ether oxygens (including phenoxy) is 1. The molecule has 1 aromatic carbocycles. The number of fused-ring (bicyclic) bond motifs is 1. The van der Waals surface area contributed by atoms with Gasteiger partial charge in [-0.25, -0.2) is 0 Å². The summed E-state index contributed by atoms with van der Waals surface area (Å²) < 4.78 is 5.53. The van der Waals surface area contributed by atoms with Crippen molar-refractivity contribution in [3.63, 3.8) is 0 Å². The Hall–Kier alpha value is -1.10. The second-order valence-electron chi connectivity index (χ2n) is 8.69. The zero-order valence-electron chi connectivity index (χ0n) is 15.3. The lowest BCUT2D eigenvalue weighted by Crippen LogP contribution is -2.71. The lowest BCUT2D eigenvalue weighted by molar-refractivity contribution is -0.149. The SMILES string of the molecule is COc1ccc2c(c1)[C@@]13CCNCC[C@@]1(O)[C@@H](C2)N(CC1CC1)CC3. The summed E-state index contributed by atoms with van der Waals surface area (Å²) in [5.74, 6) is 1.80. The molecule has 2 N–H and O–H groups in total. The molecule has 136 valence electrons. The predicted molar refractivity (Wildman–Crippen MR) is 98.1 cm³/mol. The molecular weight excluding hydrogens is 312 g/mol. The normalized spacial score (nSPS) is 37.8. The number of nitrogens with zero attached hydrogens (tertiary/aromatic N) is 1. The molecule has 4 nitrogen and oxygen atoms in total. The van der Waals surface area contributed by atoms with Crippen LogP contribution in [0.1, 0.15) is 43.2 Å². The van der Waals surface area contributed by atoms with Gasteiger partial charge in [-0.1, -0.05) is 6.07 Å². The van der Waals surface area contributed by atoms with Crippen LogP contribution in [0.15, 0.2) is 18.2 Å². The molecular formula is C21H30N2O2. The molecule has 0 aromatic heterocycles. The molecule has 2 saturated heterocycles. The quantitative estimate of drug-likeness (QED) is 0.883. The molecule has 0 radical (unpaired) electrons. The molecule has 1 saturated carbocycles. The molecule has 3 atom stereocenters. The molecule has 2 bridgehead atoms. The fourth-order valence-electron chi connectivity index (χ4n) is 5.95. The second-order valence-corrected chi connectivity index (χ2v) is 8.69. The minimum atomic E-state index is -0.622. The highest BCUT2D eigenvalue weighted by molar-refractivity contribution is 5.48. The van der Waals surface area contributed by atoms with Crippen molar-refractivity contribution in [3.8, 4) is 5.75 Å². The minimum absolute atomic E-state index is 0.122. The molecule has 0 amide bonds. The van der Waals surface area contributed by atoms with E-state index in [1.807, 2.05) is 0 Å². The smallest absolute Gasteiger partial charge is 0.119 e. The van der Waals surface area contributed by atoms with E-state index < -0.39 is 5.60 Å². The van der Waals surface area contributed by atoms with Crippen LogP contribution in [0.25, 0.3) is 0 Å². The molecule has 4 aliphatic rings. The summed E-state index contributed by atoms with van der Waals surface area (Å²) >= 11 is 0. The van der Waals surface area contributed by atoms with Gasteiger partial charge >= 0.3 is 0 Å². The maximum absolute atomic E-state index is 12.1. The van der Waals surface area contributed by atoms with Gasteiger partial charge < -0.3 is 15.2 Å². The van der Waals surface area contributed by atoms with E-state index in [1.54, 1.807) is 7.11 Å². The van der Waals surface area contributed by atoms with Crippen LogP contribution in [-0.4, -0.2) is 54.9 Å². The maximum Gasteiger partial charge on any atom is 0.119 e. The number of hydrogen-bond acceptors (Lipinski definition) is 4. The summed E-state index contributed by atoms with van der Waals surface area (Å²) in [6.07, 6.45) is 6.68. The Morgan fingerprint density at radius 3 is 2.88 bits per heavy atom. The molecule has 2 heterocycles. The highest BCUT2D eigenvalue weighted by atomic mass is 16.5. The first kappa shape index (κ1) is 16.1. The topological polar surface area (TPSA) is 44.7 Å². The summed E-state index contributed by atoms with van der Waals surface area (Å²) in [4.78, 5) is 2.63. The lowest BCUT2D eigenvalue weighted by atomic mass is 9.52. The second kappa shape index (κ2) is 5.70. The number of rotatable bonds is 3. The number of benzene rings is 1. The largest absolute Gasteiger partial charge is 0.497 e. The van der Waals surface area contributed by atoms with Crippen molar-refractivity contribution in [1.82, 2.24) is 10.2 Å². The van der Waals surface area contributed by atoms with Gasteiger partial charge in [0, 0.05) is 18.0 Å². The lowest BCUT2D eigenvalue weighted by Gasteiger charge is -2.61. The van der Waals surface area contributed by atoms with Crippen molar-refractivity contribution in [2.75, 3.05) is 33.3 Å². The third-order valence-corrected chi connectivity index (χ3v) is 7.49. The highest BCUT2D eigenvalue weighted by Gasteiger charge is 2.62. The fourth-order valence-corrected chi connectivity index (χ4v) is 5.95. The van der Waals surface area contributed by atoms with Gasteiger partial charge in [-0.05, 0) is 87.3 Å². The summed E-state index contributed by atoms with van der Waals surface area (Å²) in [5, 5.41) is 15.7. The van der Waals surface area contributed by atoms with E-state index in [4.69, 9.17) is 4.74 Å². The number of hydrogen-bond donors (Lipinski definition) is 2. The van der Waals surface area contributed by atoms with Crippen LogP contribution in [-0.2, 0) is 11.8 Å². The number of methoxy groups -OCH3 is 1. The van der Waals surface area contributed by atoms with Gasteiger partial charge in [-0.3, -0.25) is 4.90 Å². The Balaban J connectivity index is 1.64. The Morgan fingerprint density at radius 1 is 1.24 bits per heavy atom. The van der Waals surface area contributed by atoms with Crippen molar-refractivity contribution in [1.29, 1.82) is 0 Å². The van der Waals surface area contributed by atoms with E-state index >= 15 is 0 Å². The van der Waals surface area contributed by atoms with Crippen molar-refractivity contribution < 1.29 is 9.84 Å². The monoisotopic (exact) mass is 342 g/mol. The van der Waals surface area contributed by atoms with Gasteiger partial charge in [-0.2, -0.15) is 0 Å². The summed E-state index contributed by atoms with van der Waals surface area (Å²) in [6, 6.07) is 6.83. The first-order valence-corrected chi connectivity index (χ1v) is 10.0. The molecule has 3 fully saturated rings. The van der Waals surface area contributed by atoms with Gasteiger partial charge in [0.2, 0.25) is 0 Å². The molecule has 25 heavy (non-hydrogen) atoms. The maximum atomic E-state index is 12.1. The summed E-state index contributed by atoms with van der Waals surface area (Å²) in [7, 11) is 1.74. The van der Waals surface area contributed by atoms with E-state index in [0.717, 1.165) is 57.0 Å². The zero-order valence-corrected chi connectivity index (χ0v) is 15.3. The van der Waals surface area contributed by atoms with Gasteiger partial charge in [-0.15, -0.1) is 0 Å². The van der Waals surface area contributed by atoms with Gasteiger partial charge in [0.25, 0.3) is 0 Å². The average Bonchev–Trinajstić information content (AvgIpc) is 3.44. The van der Waals surface area contributed by atoms with E-state index in [9.17, 15) is 5.11 Å². The Kier molecular flexibility index (Phi) is 3.67. The Labute approximate surface area is 150 Å². The van der Waals surface area contributed by atoms with E-state index in [-0.39, 0.29) is 11.5 Å². The van der Waals surface area contributed by atoms with Crippen LogP contribution < -0.4 is 10.1 Å². The molecule has 0 spiro atoms. The van der Waals surface area contributed by atoms with E-state index in [1.165, 1.54) is 30.5 Å². The van der Waals surface area contributed by atoms with Crippen molar-refractivity contribution in [2.45, 2.75) is 55.6 Å². The first-order chi connectivity index (χ1) is 12.2. The van der Waals surface area contributed by atoms with Gasteiger partial charge in [0.15, 0.2) is 0 Å². The van der Waals surface area contributed by atoms with Gasteiger partial charge in [0.1, 0.15) is 5.75 Å². The van der Waals surface area contributed by atoms with Crippen LogP contribution in [0.3, 0.4) is 0 Å². The fraction of sp³-hybridized carbons (Fsp3) is 0.714. The number of nitrogens with one attached hydrogen (secondary N) is 1. The molecule has 1 aromatic rings. The van der Waals surface area contributed by atoms with Crippen molar-refractivity contribution in [2.24, 2.45) is 5.92 Å². The number of likely N-dealkylation sites (tertiary alicyclic amines) is 1. The summed E-state index contributed by atoms with van der Waals surface area (Å²) in [6.45, 7) is 4.22. The molecule has 4 heteroatoms. The Morgan fingerprint density at radius 2 is 2.08 bits per heavy atom. The van der Waals surface area contributed by atoms with Crippen LogP contribution in [0, 0.1) is 5.92 Å². The van der Waals surface area contributed by atoms with Crippen LogP contribution in [0.5, 0.6) is 5.75 Å². The van der Waals surface area contributed by atoms with Crippen LogP contribution in [0.4, 0.5) is 0 Å². The van der Waals surface area contributed by atoms with E-state index in [0.29, 0.717) is 0 Å². The molecule has 2 aliphatic carbocycles.